The topological polar surface area (TPSA) is 64.8 Å². The lowest BCUT2D eigenvalue weighted by Crippen LogP contribution is -2.15. The molecule has 118 valence electrons. The molecule has 0 atom stereocenters. The van der Waals surface area contributed by atoms with Crippen molar-refractivity contribution in [1.29, 1.82) is 0 Å². The van der Waals surface area contributed by atoms with E-state index < -0.39 is 0 Å². The third kappa shape index (κ3) is 4.30. The number of guanidine groups is 1. The Hall–Kier alpha value is -3.40. The van der Waals surface area contributed by atoms with Crippen molar-refractivity contribution in [3.05, 3.63) is 102 Å². The van der Waals surface area contributed by atoms with Crippen molar-refractivity contribution >= 4 is 23.2 Å². The molecular weight excluding hydrogens is 296 g/mol. The summed E-state index contributed by atoms with van der Waals surface area (Å²) < 4.78 is 0. The van der Waals surface area contributed by atoms with Gasteiger partial charge in [0.2, 0.25) is 0 Å². The number of rotatable bonds is 3. The Kier molecular flexibility index (Phi) is 5.00. The largest absolute Gasteiger partial charge is 0.396 e. The Morgan fingerprint density at radius 3 is 1.88 bits per heavy atom. The highest BCUT2D eigenvalue weighted by Crippen LogP contribution is 2.21. The van der Waals surface area contributed by atoms with Crippen LogP contribution in [-0.4, -0.2) is 11.8 Å². The van der Waals surface area contributed by atoms with E-state index in [2.05, 4.69) is 15.3 Å². The number of nitrogens with zero attached hydrogens (tertiary/aromatic N) is 3. The average Bonchev–Trinajstić information content (AvgIpc) is 2.64. The average molecular weight is 313 g/mol. The minimum Gasteiger partial charge on any atom is -0.396 e. The van der Waals surface area contributed by atoms with Crippen molar-refractivity contribution in [2.45, 2.75) is 0 Å². The van der Waals surface area contributed by atoms with E-state index in [1.165, 1.54) is 0 Å². The molecule has 3 aromatic carbocycles. The van der Waals surface area contributed by atoms with Gasteiger partial charge in [0.25, 0.3) is 0 Å². The molecule has 0 spiro atoms. The van der Waals surface area contributed by atoms with Gasteiger partial charge in [-0.2, -0.15) is 0 Å². The van der Waals surface area contributed by atoms with Gasteiger partial charge in [0.1, 0.15) is 0 Å². The van der Waals surface area contributed by atoms with Crippen LogP contribution in [0.1, 0.15) is 5.56 Å². The minimum atomic E-state index is 0.314. The molecule has 4 heteroatoms. The molecule has 24 heavy (non-hydrogen) atoms. The number of benzene rings is 3. The van der Waals surface area contributed by atoms with Crippen LogP contribution in [0.3, 0.4) is 0 Å². The van der Waals surface area contributed by atoms with E-state index in [0.717, 1.165) is 16.9 Å². The zero-order valence-corrected chi connectivity index (χ0v) is 13.1. The summed E-state index contributed by atoms with van der Waals surface area (Å²) in [6.07, 6.45) is 0. The van der Waals surface area contributed by atoms with Gasteiger partial charge in [0, 0.05) is 11.5 Å². The molecule has 0 aromatic heterocycles. The lowest BCUT2D eigenvalue weighted by Gasteiger charge is -2.16. The molecule has 0 aliphatic rings. The normalized spacial score (nSPS) is 12.0. The third-order valence-corrected chi connectivity index (χ3v) is 3.26. The molecule has 0 bridgehead atoms. The zero-order chi connectivity index (χ0) is 16.6. The Labute approximate surface area is 141 Å². The SMILES string of the molecule is N/C(=N\C(=Nc1ccccc1)[N-]c1ccccc1)c1ccccc1. The standard InChI is InChI=1S/C20H17N4/c21-19(16-10-4-1-5-11-16)24-20(22-17-12-6-2-7-13-17)23-18-14-8-3-9-15-18/h1-15H,(H2-,21,22,23,24)/q-1. The van der Waals surface area contributed by atoms with Crippen LogP contribution in [0.25, 0.3) is 5.32 Å². The molecule has 0 saturated heterocycles. The fraction of sp³-hybridized carbons (Fsp3) is 0. The molecule has 0 fully saturated rings. The maximum absolute atomic E-state index is 6.11. The number of hydrogen-bond donors (Lipinski definition) is 1. The van der Waals surface area contributed by atoms with Gasteiger partial charge in [-0.3, -0.25) is 0 Å². The Bertz CT molecular complexity index is 825. The highest BCUT2D eigenvalue weighted by molar-refractivity contribution is 6.11. The number of hydrogen-bond acceptors (Lipinski definition) is 1. The van der Waals surface area contributed by atoms with E-state index >= 15 is 0 Å². The first-order valence-electron chi connectivity index (χ1n) is 7.61. The van der Waals surface area contributed by atoms with Crippen molar-refractivity contribution in [3.63, 3.8) is 0 Å². The van der Waals surface area contributed by atoms with Crippen LogP contribution in [0.5, 0.6) is 0 Å². The van der Waals surface area contributed by atoms with Crippen LogP contribution in [0.4, 0.5) is 11.4 Å². The Balaban J connectivity index is 1.94. The van der Waals surface area contributed by atoms with E-state index in [4.69, 9.17) is 5.73 Å². The molecule has 0 heterocycles. The van der Waals surface area contributed by atoms with Crippen LogP contribution < -0.4 is 5.73 Å². The van der Waals surface area contributed by atoms with E-state index in [0.29, 0.717) is 11.8 Å². The summed E-state index contributed by atoms with van der Waals surface area (Å²) >= 11 is 0. The predicted octanol–water partition coefficient (Wildman–Crippen LogP) is 4.79. The molecule has 0 radical (unpaired) electrons. The lowest BCUT2D eigenvalue weighted by atomic mass is 10.2. The van der Waals surface area contributed by atoms with Gasteiger partial charge in [-0.1, -0.05) is 91.0 Å². The van der Waals surface area contributed by atoms with E-state index in [-0.39, 0.29) is 0 Å². The highest BCUT2D eigenvalue weighted by atomic mass is 15.1. The van der Waals surface area contributed by atoms with Crippen molar-refractivity contribution in [1.82, 2.24) is 0 Å². The maximum atomic E-state index is 6.11. The zero-order valence-electron chi connectivity index (χ0n) is 13.1. The van der Waals surface area contributed by atoms with Gasteiger partial charge in [0.05, 0.1) is 5.84 Å². The fourth-order valence-electron chi connectivity index (χ4n) is 2.09. The first kappa shape index (κ1) is 15.5. The highest BCUT2D eigenvalue weighted by Gasteiger charge is 1.95. The first-order valence-corrected chi connectivity index (χ1v) is 7.61. The summed E-state index contributed by atoms with van der Waals surface area (Å²) in [5, 5.41) is 4.50. The van der Waals surface area contributed by atoms with Crippen molar-refractivity contribution in [2.24, 2.45) is 15.7 Å². The van der Waals surface area contributed by atoms with Crippen LogP contribution in [0.2, 0.25) is 0 Å². The summed E-state index contributed by atoms with van der Waals surface area (Å²) in [7, 11) is 0. The number of amidine groups is 1. The monoisotopic (exact) mass is 313 g/mol. The van der Waals surface area contributed by atoms with Crippen LogP contribution in [0, 0.1) is 0 Å². The molecular formula is C20H17N4-. The smallest absolute Gasteiger partial charge is 0.0598 e. The molecule has 0 amide bonds. The van der Waals surface area contributed by atoms with Gasteiger partial charge in [0.15, 0.2) is 0 Å². The Morgan fingerprint density at radius 1 is 0.708 bits per heavy atom. The van der Waals surface area contributed by atoms with E-state index in [1.807, 2.05) is 91.0 Å². The molecule has 0 unspecified atom stereocenters. The Morgan fingerprint density at radius 2 is 1.25 bits per heavy atom. The summed E-state index contributed by atoms with van der Waals surface area (Å²) in [5.74, 6) is 0.693. The summed E-state index contributed by atoms with van der Waals surface area (Å²) in [6, 6.07) is 28.7. The number of nitrogens with two attached hydrogens (primary N) is 1. The van der Waals surface area contributed by atoms with Crippen molar-refractivity contribution in [3.8, 4) is 0 Å². The molecule has 2 N–H and O–H groups in total. The van der Waals surface area contributed by atoms with Gasteiger partial charge < -0.3 is 21.0 Å². The maximum Gasteiger partial charge on any atom is 0.0598 e. The summed E-state index contributed by atoms with van der Waals surface area (Å²) in [5.41, 5.74) is 8.50. The number of para-hydroxylation sites is 2. The molecule has 0 aliphatic heterocycles. The second-order valence-electron chi connectivity index (χ2n) is 5.06. The number of aliphatic imine (C=N–C) groups is 2. The van der Waals surface area contributed by atoms with Crippen LogP contribution >= 0.6 is 0 Å². The van der Waals surface area contributed by atoms with Gasteiger partial charge in [-0.25, -0.2) is 0 Å². The van der Waals surface area contributed by atoms with Crippen LogP contribution in [-0.2, 0) is 0 Å². The third-order valence-electron chi connectivity index (χ3n) is 3.26. The summed E-state index contributed by atoms with van der Waals surface area (Å²) in [6.45, 7) is 0. The predicted molar refractivity (Wildman–Crippen MR) is 100 cm³/mol. The molecule has 3 rings (SSSR count). The molecule has 0 saturated carbocycles. The van der Waals surface area contributed by atoms with Crippen LogP contribution in [0.15, 0.2) is 101 Å². The second kappa shape index (κ2) is 7.74. The van der Waals surface area contributed by atoms with Gasteiger partial charge >= 0.3 is 0 Å². The summed E-state index contributed by atoms with van der Waals surface area (Å²) in [4.78, 5) is 8.92. The molecule has 4 nitrogen and oxygen atoms in total. The van der Waals surface area contributed by atoms with Crippen molar-refractivity contribution < 1.29 is 0 Å². The van der Waals surface area contributed by atoms with Gasteiger partial charge in [-0.15, -0.1) is 0 Å². The molecule has 3 aromatic rings. The second-order valence-corrected chi connectivity index (χ2v) is 5.06. The van der Waals surface area contributed by atoms with Gasteiger partial charge in [-0.05, 0) is 11.4 Å². The minimum absolute atomic E-state index is 0.314. The fourth-order valence-corrected chi connectivity index (χ4v) is 2.09. The van der Waals surface area contributed by atoms with E-state index in [1.54, 1.807) is 0 Å². The quantitative estimate of drug-likeness (QED) is 0.548. The van der Waals surface area contributed by atoms with Crippen molar-refractivity contribution in [2.75, 3.05) is 0 Å². The lowest BCUT2D eigenvalue weighted by molar-refractivity contribution is 1.44. The van der Waals surface area contributed by atoms with E-state index in [9.17, 15) is 0 Å². The molecule has 0 aliphatic carbocycles. The first-order chi connectivity index (χ1) is 11.8.